The number of nitrogens with zero attached hydrogens (tertiary/aromatic N) is 3. The maximum Gasteiger partial charge on any atom is 0.375 e. The summed E-state index contributed by atoms with van der Waals surface area (Å²) in [5, 5.41) is 13.0. The smallest absolute Gasteiger partial charge is 0.375 e. The van der Waals surface area contributed by atoms with E-state index in [4.69, 9.17) is 9.84 Å². The number of rotatable bonds is 3. The Morgan fingerprint density at radius 3 is 2.57 bits per heavy atom. The monoisotopic (exact) mass is 293 g/mol. The second-order valence-electron chi connectivity index (χ2n) is 5.54. The molecule has 0 saturated heterocycles. The summed E-state index contributed by atoms with van der Waals surface area (Å²) in [4.78, 5) is 15.1. The van der Waals surface area contributed by atoms with Gasteiger partial charge in [0.15, 0.2) is 11.6 Å². The van der Waals surface area contributed by atoms with Crippen LogP contribution in [0.5, 0.6) is 5.75 Å². The third-order valence-electron chi connectivity index (χ3n) is 2.85. The predicted molar refractivity (Wildman–Crippen MR) is 73.5 cm³/mol. The number of carbonyl (C=O) groups is 1. The van der Waals surface area contributed by atoms with Crippen LogP contribution >= 0.6 is 0 Å². The average molecular weight is 293 g/mol. The van der Waals surface area contributed by atoms with Crippen LogP contribution in [0, 0.1) is 5.82 Å². The normalized spacial score (nSPS) is 11.5. The zero-order valence-electron chi connectivity index (χ0n) is 12.2. The van der Waals surface area contributed by atoms with Crippen LogP contribution in [-0.2, 0) is 5.41 Å². The van der Waals surface area contributed by atoms with Gasteiger partial charge < -0.3 is 9.84 Å². The van der Waals surface area contributed by atoms with Gasteiger partial charge in [0.05, 0.1) is 12.8 Å². The molecule has 1 heterocycles. The van der Waals surface area contributed by atoms with Crippen LogP contribution in [0.1, 0.15) is 37.2 Å². The van der Waals surface area contributed by atoms with Crippen molar-refractivity contribution in [1.29, 1.82) is 0 Å². The van der Waals surface area contributed by atoms with E-state index < -0.39 is 17.2 Å². The molecule has 0 spiro atoms. The van der Waals surface area contributed by atoms with Crippen LogP contribution < -0.4 is 4.74 Å². The lowest BCUT2D eigenvalue weighted by Gasteiger charge is -2.18. The molecule has 1 aromatic heterocycles. The van der Waals surface area contributed by atoms with Crippen molar-refractivity contribution in [1.82, 2.24) is 14.8 Å². The maximum atomic E-state index is 13.5. The Labute approximate surface area is 121 Å². The molecule has 1 aromatic carbocycles. The van der Waals surface area contributed by atoms with E-state index >= 15 is 0 Å². The van der Waals surface area contributed by atoms with Gasteiger partial charge >= 0.3 is 5.97 Å². The summed E-state index contributed by atoms with van der Waals surface area (Å²) in [7, 11) is 1.36. The molecule has 0 fully saturated rings. The second kappa shape index (κ2) is 5.16. The Morgan fingerprint density at radius 1 is 1.38 bits per heavy atom. The highest BCUT2D eigenvalue weighted by molar-refractivity contribution is 5.83. The van der Waals surface area contributed by atoms with Crippen molar-refractivity contribution in [2.24, 2.45) is 0 Å². The molecule has 0 amide bonds. The van der Waals surface area contributed by atoms with E-state index in [1.807, 2.05) is 20.8 Å². The fraction of sp³-hybridized carbons (Fsp3) is 0.357. The van der Waals surface area contributed by atoms with Crippen molar-refractivity contribution in [3.63, 3.8) is 0 Å². The molecule has 0 atom stereocenters. The van der Waals surface area contributed by atoms with Gasteiger partial charge in [-0.25, -0.2) is 18.9 Å². The van der Waals surface area contributed by atoms with Gasteiger partial charge in [-0.05, 0) is 12.1 Å². The summed E-state index contributed by atoms with van der Waals surface area (Å²) < 4.78 is 19.8. The molecular weight excluding hydrogens is 277 g/mol. The third-order valence-corrected chi connectivity index (χ3v) is 2.85. The Hall–Kier alpha value is -2.44. The highest BCUT2D eigenvalue weighted by Crippen LogP contribution is 2.26. The van der Waals surface area contributed by atoms with Gasteiger partial charge in [-0.2, -0.15) is 0 Å². The van der Waals surface area contributed by atoms with Crippen molar-refractivity contribution in [3.05, 3.63) is 35.7 Å². The van der Waals surface area contributed by atoms with Crippen LogP contribution in [0.25, 0.3) is 5.69 Å². The molecule has 0 bridgehead atoms. The lowest BCUT2D eigenvalue weighted by Crippen LogP contribution is -2.19. The second-order valence-corrected chi connectivity index (χ2v) is 5.54. The quantitative estimate of drug-likeness (QED) is 0.940. The fourth-order valence-corrected chi connectivity index (χ4v) is 1.85. The number of halogens is 1. The fourth-order valence-electron chi connectivity index (χ4n) is 1.85. The molecule has 0 saturated carbocycles. The highest BCUT2D eigenvalue weighted by atomic mass is 19.1. The molecular formula is C14H16FN3O3. The summed E-state index contributed by atoms with van der Waals surface area (Å²) in [6.07, 6.45) is 0. The summed E-state index contributed by atoms with van der Waals surface area (Å²) in [5.41, 5.74) is 0.0562. The zero-order chi connectivity index (χ0) is 15.8. The number of ether oxygens (including phenoxy) is 1. The average Bonchev–Trinajstić information content (AvgIpc) is 2.84. The molecule has 6 nitrogen and oxygen atoms in total. The largest absolute Gasteiger partial charge is 0.494 e. The van der Waals surface area contributed by atoms with E-state index in [1.54, 1.807) is 0 Å². The number of carboxylic acid groups (broad SMARTS) is 1. The van der Waals surface area contributed by atoms with E-state index in [1.165, 1.54) is 30.0 Å². The first-order valence-corrected chi connectivity index (χ1v) is 6.29. The van der Waals surface area contributed by atoms with E-state index in [2.05, 4.69) is 10.1 Å². The first kappa shape index (κ1) is 15.0. The SMILES string of the molecule is COc1cc(-n2nc(C(=O)O)nc2C(C)(C)C)ccc1F. The van der Waals surface area contributed by atoms with Gasteiger partial charge in [-0.3, -0.25) is 0 Å². The van der Waals surface area contributed by atoms with Crippen molar-refractivity contribution < 1.29 is 19.0 Å². The number of hydrogen-bond acceptors (Lipinski definition) is 4. The van der Waals surface area contributed by atoms with Crippen molar-refractivity contribution in [2.45, 2.75) is 26.2 Å². The van der Waals surface area contributed by atoms with Crippen LogP contribution in [0.15, 0.2) is 18.2 Å². The summed E-state index contributed by atoms with van der Waals surface area (Å²) in [6.45, 7) is 5.67. The molecule has 112 valence electrons. The number of methoxy groups -OCH3 is 1. The molecule has 0 unspecified atom stereocenters. The van der Waals surface area contributed by atoms with Crippen molar-refractivity contribution in [2.75, 3.05) is 7.11 Å². The minimum atomic E-state index is -1.21. The van der Waals surface area contributed by atoms with Crippen LogP contribution in [-0.4, -0.2) is 33.0 Å². The van der Waals surface area contributed by atoms with Crippen molar-refractivity contribution >= 4 is 5.97 Å². The molecule has 21 heavy (non-hydrogen) atoms. The number of aromatic nitrogens is 3. The molecule has 0 aliphatic rings. The molecule has 0 radical (unpaired) electrons. The molecule has 0 aliphatic heterocycles. The number of aromatic carboxylic acids is 1. The lowest BCUT2D eigenvalue weighted by molar-refractivity contribution is 0.0683. The standard InChI is InChI=1S/C14H16FN3O3/c1-14(2,3)13-16-11(12(19)20)17-18(13)8-5-6-9(15)10(7-8)21-4/h5-7H,1-4H3,(H,19,20). The lowest BCUT2D eigenvalue weighted by atomic mass is 9.95. The minimum Gasteiger partial charge on any atom is -0.494 e. The first-order chi connectivity index (χ1) is 9.74. The van der Waals surface area contributed by atoms with Crippen LogP contribution in [0.4, 0.5) is 4.39 Å². The van der Waals surface area contributed by atoms with Gasteiger partial charge in [0.1, 0.15) is 5.82 Å². The van der Waals surface area contributed by atoms with Gasteiger partial charge in [0, 0.05) is 11.5 Å². The van der Waals surface area contributed by atoms with E-state index in [0.29, 0.717) is 11.5 Å². The Kier molecular flexibility index (Phi) is 3.67. The minimum absolute atomic E-state index is 0.0553. The van der Waals surface area contributed by atoms with Gasteiger partial charge in [-0.1, -0.05) is 20.8 Å². The van der Waals surface area contributed by atoms with E-state index in [-0.39, 0.29) is 11.6 Å². The van der Waals surface area contributed by atoms with Crippen molar-refractivity contribution in [3.8, 4) is 11.4 Å². The number of benzene rings is 1. The maximum absolute atomic E-state index is 13.5. The highest BCUT2D eigenvalue weighted by Gasteiger charge is 2.26. The summed E-state index contributed by atoms with van der Waals surface area (Å²) in [6, 6.07) is 4.18. The molecule has 0 aliphatic carbocycles. The Balaban J connectivity index is 2.65. The summed E-state index contributed by atoms with van der Waals surface area (Å²) >= 11 is 0. The number of carboxylic acids is 1. The van der Waals surface area contributed by atoms with E-state index in [9.17, 15) is 9.18 Å². The van der Waals surface area contributed by atoms with Crippen LogP contribution in [0.3, 0.4) is 0 Å². The first-order valence-electron chi connectivity index (χ1n) is 6.29. The molecule has 1 N–H and O–H groups in total. The van der Waals surface area contributed by atoms with Gasteiger partial charge in [-0.15, -0.1) is 5.10 Å². The molecule has 2 aromatic rings. The Bertz CT molecular complexity index is 689. The van der Waals surface area contributed by atoms with Crippen LogP contribution in [0.2, 0.25) is 0 Å². The summed E-state index contributed by atoms with van der Waals surface area (Å²) in [5.74, 6) is -1.50. The predicted octanol–water partition coefficient (Wildman–Crippen LogP) is 2.41. The Morgan fingerprint density at radius 2 is 2.05 bits per heavy atom. The number of hydrogen-bond donors (Lipinski definition) is 1. The zero-order valence-corrected chi connectivity index (χ0v) is 12.2. The third kappa shape index (κ3) is 2.86. The van der Waals surface area contributed by atoms with E-state index in [0.717, 1.165) is 0 Å². The van der Waals surface area contributed by atoms with Gasteiger partial charge in [0.2, 0.25) is 0 Å². The van der Waals surface area contributed by atoms with Gasteiger partial charge in [0.25, 0.3) is 5.82 Å². The molecule has 2 rings (SSSR count). The topological polar surface area (TPSA) is 77.2 Å². The molecule has 7 heteroatoms.